The van der Waals surface area contributed by atoms with Crippen LogP contribution < -0.4 is 9.47 Å². The first kappa shape index (κ1) is 20.9. The third-order valence-corrected chi connectivity index (χ3v) is 5.10. The molecule has 1 saturated heterocycles. The Kier molecular flexibility index (Phi) is 6.90. The number of nitrogens with zero attached hydrogens (tertiary/aromatic N) is 1. The number of methoxy groups -OCH3 is 2. The summed E-state index contributed by atoms with van der Waals surface area (Å²) in [5.41, 5.74) is 0.965. The second-order valence-corrected chi connectivity index (χ2v) is 7.10. The van der Waals surface area contributed by atoms with Crippen molar-refractivity contribution in [1.82, 2.24) is 4.90 Å². The summed E-state index contributed by atoms with van der Waals surface area (Å²) in [6, 6.07) is 11.3. The lowest BCUT2D eigenvalue weighted by Crippen LogP contribution is -2.27. The summed E-state index contributed by atoms with van der Waals surface area (Å²) < 4.78 is 29.7. The molecule has 2 aromatic carbocycles. The minimum absolute atomic E-state index is 0.107. The van der Waals surface area contributed by atoms with Gasteiger partial charge in [-0.2, -0.15) is 0 Å². The zero-order valence-corrected chi connectivity index (χ0v) is 16.8. The van der Waals surface area contributed by atoms with Gasteiger partial charge >= 0.3 is 0 Å². The largest absolute Gasteiger partial charge is 0.493 e. The Morgan fingerprint density at radius 3 is 2.59 bits per heavy atom. The standard InChI is InChI=1S/C21H20FNO5S/c1-26-9-10-28-17-8-7-14(11-18(17)27-2)12-19-20(24)23(21(25)29-19)13-15-5-3-4-6-16(15)22/h3-8,11-12H,9-10,13H2,1-2H3/b19-12-. The van der Waals surface area contributed by atoms with Crippen LogP contribution in [-0.4, -0.2) is 43.5 Å². The van der Waals surface area contributed by atoms with Crippen LogP contribution in [-0.2, 0) is 16.1 Å². The molecular formula is C21H20FNO5S. The van der Waals surface area contributed by atoms with Crippen LogP contribution in [0.4, 0.5) is 9.18 Å². The summed E-state index contributed by atoms with van der Waals surface area (Å²) in [5.74, 6) is 0.141. The Hall–Kier alpha value is -2.84. The average molecular weight is 417 g/mol. The van der Waals surface area contributed by atoms with E-state index in [-0.39, 0.29) is 17.0 Å². The van der Waals surface area contributed by atoms with Crippen LogP contribution in [0.25, 0.3) is 6.08 Å². The van der Waals surface area contributed by atoms with Crippen molar-refractivity contribution in [3.05, 3.63) is 64.3 Å². The maximum atomic E-state index is 13.9. The number of hydrogen-bond acceptors (Lipinski definition) is 6. The first-order chi connectivity index (χ1) is 14.0. The maximum Gasteiger partial charge on any atom is 0.293 e. The fourth-order valence-electron chi connectivity index (χ4n) is 2.71. The van der Waals surface area contributed by atoms with Gasteiger partial charge in [-0.05, 0) is 41.6 Å². The molecule has 2 amide bonds. The van der Waals surface area contributed by atoms with E-state index in [1.807, 2.05) is 0 Å². The van der Waals surface area contributed by atoms with Crippen molar-refractivity contribution in [2.24, 2.45) is 0 Å². The predicted molar refractivity (Wildman–Crippen MR) is 108 cm³/mol. The second kappa shape index (κ2) is 9.58. The fourth-order valence-corrected chi connectivity index (χ4v) is 3.55. The number of imide groups is 1. The van der Waals surface area contributed by atoms with Crippen LogP contribution in [0.1, 0.15) is 11.1 Å². The molecule has 1 aliphatic heterocycles. The molecular weight excluding hydrogens is 397 g/mol. The third kappa shape index (κ3) is 4.96. The monoisotopic (exact) mass is 417 g/mol. The molecule has 0 unspecified atom stereocenters. The highest BCUT2D eigenvalue weighted by molar-refractivity contribution is 8.18. The molecule has 0 saturated carbocycles. The zero-order valence-electron chi connectivity index (χ0n) is 16.0. The van der Waals surface area contributed by atoms with Gasteiger partial charge in [-0.1, -0.05) is 24.3 Å². The molecule has 1 heterocycles. The Morgan fingerprint density at radius 1 is 1.07 bits per heavy atom. The Bertz CT molecular complexity index is 946. The minimum atomic E-state index is -0.456. The number of carbonyl (C=O) groups excluding carboxylic acids is 2. The summed E-state index contributed by atoms with van der Waals surface area (Å²) in [6.07, 6.45) is 1.60. The number of amides is 2. The van der Waals surface area contributed by atoms with Crippen molar-refractivity contribution < 1.29 is 28.2 Å². The first-order valence-corrected chi connectivity index (χ1v) is 9.63. The molecule has 0 radical (unpaired) electrons. The van der Waals surface area contributed by atoms with Crippen molar-refractivity contribution in [3.8, 4) is 11.5 Å². The quantitative estimate of drug-likeness (QED) is 0.476. The van der Waals surface area contributed by atoms with E-state index in [0.29, 0.717) is 30.3 Å². The van der Waals surface area contributed by atoms with Gasteiger partial charge in [0.25, 0.3) is 11.1 Å². The molecule has 6 nitrogen and oxygen atoms in total. The number of benzene rings is 2. The van der Waals surface area contributed by atoms with E-state index in [2.05, 4.69) is 0 Å². The Morgan fingerprint density at radius 2 is 1.86 bits per heavy atom. The summed E-state index contributed by atoms with van der Waals surface area (Å²) in [7, 11) is 3.10. The number of ether oxygens (including phenoxy) is 3. The third-order valence-electron chi connectivity index (χ3n) is 4.19. The minimum Gasteiger partial charge on any atom is -0.493 e. The van der Waals surface area contributed by atoms with E-state index in [1.54, 1.807) is 49.6 Å². The van der Waals surface area contributed by atoms with Crippen molar-refractivity contribution in [1.29, 1.82) is 0 Å². The molecule has 8 heteroatoms. The Labute approximate surface area is 172 Å². The summed E-state index contributed by atoms with van der Waals surface area (Å²) in [4.78, 5) is 26.2. The average Bonchev–Trinajstić information content (AvgIpc) is 2.98. The molecule has 0 bridgehead atoms. The molecule has 0 N–H and O–H groups in total. The van der Waals surface area contributed by atoms with Crippen molar-refractivity contribution in [2.75, 3.05) is 27.4 Å². The number of carbonyl (C=O) groups is 2. The summed E-state index contributed by atoms with van der Waals surface area (Å²) in [5, 5.41) is -0.434. The lowest BCUT2D eigenvalue weighted by molar-refractivity contribution is -0.123. The number of hydrogen-bond donors (Lipinski definition) is 0. The van der Waals surface area contributed by atoms with Gasteiger partial charge in [-0.15, -0.1) is 0 Å². The van der Waals surface area contributed by atoms with E-state index in [9.17, 15) is 14.0 Å². The van der Waals surface area contributed by atoms with Crippen LogP contribution >= 0.6 is 11.8 Å². The van der Waals surface area contributed by atoms with Crippen LogP contribution in [0.2, 0.25) is 0 Å². The second-order valence-electron chi connectivity index (χ2n) is 6.11. The highest BCUT2D eigenvalue weighted by Gasteiger charge is 2.35. The summed E-state index contributed by atoms with van der Waals surface area (Å²) >= 11 is 0.824. The topological polar surface area (TPSA) is 65.1 Å². The molecule has 1 fully saturated rings. The van der Waals surface area contributed by atoms with Crippen LogP contribution in [0.3, 0.4) is 0 Å². The van der Waals surface area contributed by atoms with E-state index in [0.717, 1.165) is 16.7 Å². The van der Waals surface area contributed by atoms with Crippen molar-refractivity contribution in [3.63, 3.8) is 0 Å². The highest BCUT2D eigenvalue weighted by atomic mass is 32.2. The molecule has 152 valence electrons. The van der Waals surface area contributed by atoms with E-state index >= 15 is 0 Å². The van der Waals surface area contributed by atoms with E-state index in [4.69, 9.17) is 14.2 Å². The number of thioether (sulfide) groups is 1. The fraction of sp³-hybridized carbons (Fsp3) is 0.238. The molecule has 0 aromatic heterocycles. The highest BCUT2D eigenvalue weighted by Crippen LogP contribution is 2.35. The molecule has 3 rings (SSSR count). The van der Waals surface area contributed by atoms with Gasteiger partial charge in [-0.25, -0.2) is 4.39 Å². The van der Waals surface area contributed by atoms with Crippen LogP contribution in [0.5, 0.6) is 11.5 Å². The number of rotatable bonds is 8. The molecule has 2 aromatic rings. The first-order valence-electron chi connectivity index (χ1n) is 8.82. The van der Waals surface area contributed by atoms with E-state index in [1.165, 1.54) is 13.2 Å². The smallest absolute Gasteiger partial charge is 0.293 e. The van der Waals surface area contributed by atoms with Gasteiger partial charge in [-0.3, -0.25) is 14.5 Å². The lowest BCUT2D eigenvalue weighted by Gasteiger charge is -2.13. The van der Waals surface area contributed by atoms with Gasteiger partial charge < -0.3 is 14.2 Å². The Balaban J connectivity index is 1.77. The van der Waals surface area contributed by atoms with Gasteiger partial charge in [0.05, 0.1) is 25.2 Å². The van der Waals surface area contributed by atoms with Crippen LogP contribution in [0.15, 0.2) is 47.4 Å². The zero-order chi connectivity index (χ0) is 20.8. The molecule has 0 atom stereocenters. The SMILES string of the molecule is COCCOc1ccc(/C=C2\SC(=O)N(Cc3ccccc3F)C2=O)cc1OC. The van der Waals surface area contributed by atoms with Gasteiger partial charge in [0, 0.05) is 12.7 Å². The molecule has 0 aliphatic carbocycles. The summed E-state index contributed by atoms with van der Waals surface area (Å²) in [6.45, 7) is 0.714. The normalized spacial score (nSPS) is 15.3. The van der Waals surface area contributed by atoms with Gasteiger partial charge in [0.15, 0.2) is 11.5 Å². The predicted octanol–water partition coefficient (Wildman–Crippen LogP) is 4.10. The molecule has 1 aliphatic rings. The molecule has 29 heavy (non-hydrogen) atoms. The number of halogens is 1. The van der Waals surface area contributed by atoms with Crippen LogP contribution in [0, 0.1) is 5.82 Å². The van der Waals surface area contributed by atoms with E-state index < -0.39 is 17.0 Å². The van der Waals surface area contributed by atoms with Crippen molar-refractivity contribution >= 4 is 29.0 Å². The lowest BCUT2D eigenvalue weighted by atomic mass is 10.1. The van der Waals surface area contributed by atoms with Gasteiger partial charge in [0.1, 0.15) is 12.4 Å². The van der Waals surface area contributed by atoms with Gasteiger partial charge in [0.2, 0.25) is 0 Å². The molecule has 0 spiro atoms. The van der Waals surface area contributed by atoms with Crippen molar-refractivity contribution in [2.45, 2.75) is 6.54 Å². The maximum absolute atomic E-state index is 13.9.